The van der Waals surface area contributed by atoms with Crippen molar-refractivity contribution in [1.82, 2.24) is 0 Å². The summed E-state index contributed by atoms with van der Waals surface area (Å²) in [4.78, 5) is 11.2. The van der Waals surface area contributed by atoms with Crippen LogP contribution in [0.5, 0.6) is 17.2 Å². The quantitative estimate of drug-likeness (QED) is 0.928. The van der Waals surface area contributed by atoms with Crippen molar-refractivity contribution in [2.75, 3.05) is 18.5 Å². The third-order valence-corrected chi connectivity index (χ3v) is 3.53. The normalized spacial score (nSPS) is 12.6. The second kappa shape index (κ2) is 6.79. The Labute approximate surface area is 139 Å². The lowest BCUT2D eigenvalue weighted by atomic mass is 10.2. The van der Waals surface area contributed by atoms with Gasteiger partial charge in [-0.2, -0.15) is 0 Å². The van der Waals surface area contributed by atoms with Gasteiger partial charge in [-0.25, -0.2) is 0 Å². The van der Waals surface area contributed by atoms with Crippen LogP contribution in [0.2, 0.25) is 5.02 Å². The van der Waals surface area contributed by atoms with Gasteiger partial charge in [0.2, 0.25) is 5.91 Å². The Morgan fingerprint density at radius 1 is 1.26 bits per heavy atom. The minimum Gasteiger partial charge on any atom is -0.487 e. The number of halogens is 1. The lowest BCUT2D eigenvalue weighted by molar-refractivity contribution is -0.114. The van der Waals surface area contributed by atoms with Gasteiger partial charge in [0.15, 0.2) is 11.5 Å². The van der Waals surface area contributed by atoms with E-state index in [1.165, 1.54) is 6.92 Å². The number of hydrogen-bond donors (Lipinski definition) is 1. The molecular formula is C17H16ClNO4. The largest absolute Gasteiger partial charge is 0.487 e. The minimum atomic E-state index is -0.150. The highest BCUT2D eigenvalue weighted by molar-refractivity contribution is 6.32. The fourth-order valence-corrected chi connectivity index (χ4v) is 2.58. The average molecular weight is 334 g/mol. The van der Waals surface area contributed by atoms with Crippen LogP contribution < -0.4 is 19.5 Å². The number of carbonyl (C=O) groups excluding carboxylic acids is 1. The zero-order valence-corrected chi connectivity index (χ0v) is 13.4. The zero-order chi connectivity index (χ0) is 16.2. The lowest BCUT2D eigenvalue weighted by Gasteiger charge is -2.20. The molecule has 0 saturated heterocycles. The number of hydrogen-bond acceptors (Lipinski definition) is 4. The fourth-order valence-electron chi connectivity index (χ4n) is 2.29. The summed E-state index contributed by atoms with van der Waals surface area (Å²) in [6.07, 6.45) is 0. The number of amides is 1. The molecule has 1 amide bonds. The molecule has 0 spiro atoms. The molecule has 0 aromatic heterocycles. The minimum absolute atomic E-state index is 0.150. The highest BCUT2D eigenvalue weighted by Gasteiger charge is 2.17. The molecule has 0 radical (unpaired) electrons. The summed E-state index contributed by atoms with van der Waals surface area (Å²) in [6.45, 7) is 2.75. The summed E-state index contributed by atoms with van der Waals surface area (Å²) < 4.78 is 16.8. The van der Waals surface area contributed by atoms with E-state index in [2.05, 4.69) is 5.32 Å². The standard InChI is InChI=1S/C17H16ClNO4/c1-11(20)19-14-4-2-3-5-15(14)23-10-12-8-13(18)17-16(9-12)21-6-7-22-17/h2-5,8-9H,6-7,10H2,1H3,(H,19,20). The summed E-state index contributed by atoms with van der Waals surface area (Å²) in [5.74, 6) is 1.63. The van der Waals surface area contributed by atoms with Crippen molar-refractivity contribution < 1.29 is 19.0 Å². The summed E-state index contributed by atoms with van der Waals surface area (Å²) >= 11 is 6.21. The van der Waals surface area contributed by atoms with Crippen molar-refractivity contribution >= 4 is 23.2 Å². The highest BCUT2D eigenvalue weighted by Crippen LogP contribution is 2.38. The summed E-state index contributed by atoms with van der Waals surface area (Å²) in [5.41, 5.74) is 1.49. The Kier molecular flexibility index (Phi) is 4.57. The third kappa shape index (κ3) is 3.68. The number of benzene rings is 2. The maximum atomic E-state index is 11.2. The van der Waals surface area contributed by atoms with Crippen molar-refractivity contribution in [3.8, 4) is 17.2 Å². The van der Waals surface area contributed by atoms with Crippen LogP contribution in [0.3, 0.4) is 0 Å². The van der Waals surface area contributed by atoms with Gasteiger partial charge in [0.05, 0.1) is 10.7 Å². The number of ether oxygens (including phenoxy) is 3. The molecule has 1 N–H and O–H groups in total. The average Bonchev–Trinajstić information content (AvgIpc) is 2.54. The van der Waals surface area contributed by atoms with Crippen molar-refractivity contribution in [3.05, 3.63) is 47.0 Å². The van der Waals surface area contributed by atoms with Gasteiger partial charge in [-0.1, -0.05) is 23.7 Å². The third-order valence-electron chi connectivity index (χ3n) is 3.25. The number of carbonyl (C=O) groups is 1. The maximum absolute atomic E-state index is 11.2. The van der Waals surface area contributed by atoms with Gasteiger partial charge in [0, 0.05) is 6.92 Å². The zero-order valence-electron chi connectivity index (χ0n) is 12.6. The fraction of sp³-hybridized carbons (Fsp3) is 0.235. The lowest BCUT2D eigenvalue weighted by Crippen LogP contribution is -2.16. The van der Waals surface area contributed by atoms with Crippen LogP contribution in [0.25, 0.3) is 0 Å². The molecule has 6 heteroatoms. The van der Waals surface area contributed by atoms with Crippen LogP contribution in [0, 0.1) is 0 Å². The van der Waals surface area contributed by atoms with Crippen molar-refractivity contribution in [2.24, 2.45) is 0 Å². The second-order valence-corrected chi connectivity index (χ2v) is 5.48. The monoisotopic (exact) mass is 333 g/mol. The molecule has 2 aromatic rings. The molecular weight excluding hydrogens is 318 g/mol. The Hall–Kier alpha value is -2.40. The molecule has 0 aliphatic carbocycles. The number of fused-ring (bicyclic) bond motifs is 1. The van der Waals surface area contributed by atoms with E-state index in [0.717, 1.165) is 5.56 Å². The Morgan fingerprint density at radius 3 is 2.87 bits per heavy atom. The smallest absolute Gasteiger partial charge is 0.221 e. The first-order valence-corrected chi connectivity index (χ1v) is 7.59. The highest BCUT2D eigenvalue weighted by atomic mass is 35.5. The van der Waals surface area contributed by atoms with E-state index in [-0.39, 0.29) is 5.91 Å². The van der Waals surface area contributed by atoms with Gasteiger partial charge in [0.1, 0.15) is 25.6 Å². The maximum Gasteiger partial charge on any atom is 0.221 e. The first-order chi connectivity index (χ1) is 11.1. The summed E-state index contributed by atoms with van der Waals surface area (Å²) in [7, 11) is 0. The molecule has 0 saturated carbocycles. The molecule has 0 unspecified atom stereocenters. The molecule has 2 aromatic carbocycles. The van der Waals surface area contributed by atoms with Gasteiger partial charge in [-0.3, -0.25) is 4.79 Å². The number of anilines is 1. The Bertz CT molecular complexity index is 733. The molecule has 3 rings (SSSR count). The summed E-state index contributed by atoms with van der Waals surface area (Å²) in [5, 5.41) is 3.23. The van der Waals surface area contributed by atoms with Gasteiger partial charge >= 0.3 is 0 Å². The SMILES string of the molecule is CC(=O)Nc1ccccc1OCc1cc(Cl)c2c(c1)OCCO2. The molecule has 23 heavy (non-hydrogen) atoms. The molecule has 1 heterocycles. The van der Waals surface area contributed by atoms with Gasteiger partial charge in [-0.15, -0.1) is 0 Å². The van der Waals surface area contributed by atoms with Gasteiger partial charge in [-0.05, 0) is 29.8 Å². The first kappa shape index (κ1) is 15.5. The van der Waals surface area contributed by atoms with Gasteiger partial charge in [0.25, 0.3) is 0 Å². The number of nitrogens with one attached hydrogen (secondary N) is 1. The predicted molar refractivity (Wildman–Crippen MR) is 87.5 cm³/mol. The van der Waals surface area contributed by atoms with Crippen molar-refractivity contribution in [1.29, 1.82) is 0 Å². The Balaban J connectivity index is 1.76. The molecule has 120 valence electrons. The Morgan fingerprint density at radius 2 is 2.04 bits per heavy atom. The first-order valence-electron chi connectivity index (χ1n) is 7.21. The molecule has 0 bridgehead atoms. The number of rotatable bonds is 4. The van der Waals surface area contributed by atoms with E-state index >= 15 is 0 Å². The van der Waals surface area contributed by atoms with Crippen LogP contribution >= 0.6 is 11.6 Å². The van der Waals surface area contributed by atoms with E-state index in [9.17, 15) is 4.79 Å². The van der Waals surface area contributed by atoms with E-state index in [4.69, 9.17) is 25.8 Å². The predicted octanol–water partition coefficient (Wildman–Crippen LogP) is 3.65. The van der Waals surface area contributed by atoms with Crippen LogP contribution in [-0.2, 0) is 11.4 Å². The van der Waals surface area contributed by atoms with Gasteiger partial charge < -0.3 is 19.5 Å². The van der Waals surface area contributed by atoms with E-state index in [1.54, 1.807) is 18.2 Å². The van der Waals surface area contributed by atoms with Crippen LogP contribution in [0.15, 0.2) is 36.4 Å². The second-order valence-electron chi connectivity index (χ2n) is 5.07. The topological polar surface area (TPSA) is 56.8 Å². The van der Waals surface area contributed by atoms with Crippen molar-refractivity contribution in [2.45, 2.75) is 13.5 Å². The van der Waals surface area contributed by atoms with Crippen LogP contribution in [-0.4, -0.2) is 19.1 Å². The number of para-hydroxylation sites is 2. The van der Waals surface area contributed by atoms with E-state index < -0.39 is 0 Å². The molecule has 0 fully saturated rings. The van der Waals surface area contributed by atoms with E-state index in [1.807, 2.05) is 18.2 Å². The molecule has 1 aliphatic rings. The van der Waals surface area contributed by atoms with E-state index in [0.29, 0.717) is 47.8 Å². The van der Waals surface area contributed by atoms with Crippen LogP contribution in [0.1, 0.15) is 12.5 Å². The van der Waals surface area contributed by atoms with Crippen LogP contribution in [0.4, 0.5) is 5.69 Å². The molecule has 5 nitrogen and oxygen atoms in total. The summed E-state index contributed by atoms with van der Waals surface area (Å²) in [6, 6.07) is 10.9. The van der Waals surface area contributed by atoms with Crippen molar-refractivity contribution in [3.63, 3.8) is 0 Å². The molecule has 1 aliphatic heterocycles. The molecule has 0 atom stereocenters.